The van der Waals surface area contributed by atoms with Gasteiger partial charge in [0.15, 0.2) is 0 Å². The predicted octanol–water partition coefficient (Wildman–Crippen LogP) is 4.80. The van der Waals surface area contributed by atoms with E-state index in [-0.39, 0.29) is 22.8 Å². The Balaban J connectivity index is 2.12. The maximum Gasteiger partial charge on any atom is 0.265 e. The molecule has 0 aliphatic rings. The smallest absolute Gasteiger partial charge is 0.265 e. The lowest BCUT2D eigenvalue weighted by molar-refractivity contribution is 0.102. The van der Waals surface area contributed by atoms with Gasteiger partial charge in [0.05, 0.1) is 19.7 Å². The Labute approximate surface area is 159 Å². The lowest BCUT2D eigenvalue weighted by atomic mass is 9.86. The van der Waals surface area contributed by atoms with E-state index in [1.165, 1.54) is 7.11 Å². The Bertz CT molecular complexity index is 991. The SMILES string of the molecule is COc1nc2ccccc2c(OC)c1C(=O)Nc1ccccc1C(C)(C)C. The Morgan fingerprint density at radius 1 is 0.963 bits per heavy atom. The van der Waals surface area contributed by atoms with E-state index in [4.69, 9.17) is 9.47 Å². The van der Waals surface area contributed by atoms with E-state index in [0.29, 0.717) is 11.3 Å². The lowest BCUT2D eigenvalue weighted by Gasteiger charge is -2.23. The molecular weight excluding hydrogens is 340 g/mol. The number of amides is 1. The molecule has 1 aromatic heterocycles. The van der Waals surface area contributed by atoms with E-state index in [1.807, 2.05) is 48.5 Å². The predicted molar refractivity (Wildman–Crippen MR) is 108 cm³/mol. The number of fused-ring (bicyclic) bond motifs is 1. The summed E-state index contributed by atoms with van der Waals surface area (Å²) in [6.45, 7) is 6.32. The fourth-order valence-electron chi connectivity index (χ4n) is 3.15. The van der Waals surface area contributed by atoms with Gasteiger partial charge >= 0.3 is 0 Å². The van der Waals surface area contributed by atoms with E-state index in [2.05, 4.69) is 31.1 Å². The molecule has 2 aromatic carbocycles. The number of rotatable bonds is 4. The van der Waals surface area contributed by atoms with E-state index >= 15 is 0 Å². The molecular formula is C22H24N2O3. The second-order valence-corrected chi connectivity index (χ2v) is 7.30. The van der Waals surface area contributed by atoms with Crippen LogP contribution in [-0.2, 0) is 5.41 Å². The second kappa shape index (κ2) is 7.27. The van der Waals surface area contributed by atoms with Crippen molar-refractivity contribution in [1.82, 2.24) is 4.98 Å². The maximum atomic E-state index is 13.2. The molecule has 0 fully saturated rings. The molecule has 1 N–H and O–H groups in total. The van der Waals surface area contributed by atoms with Crippen LogP contribution in [0.15, 0.2) is 48.5 Å². The summed E-state index contributed by atoms with van der Waals surface area (Å²) < 4.78 is 11.0. The standard InChI is InChI=1S/C22H24N2O3/c1-22(2,3)15-11-7-9-13-17(15)23-20(25)18-19(26-4)14-10-6-8-12-16(14)24-21(18)27-5/h6-13H,1-5H3,(H,23,25). The molecule has 0 spiro atoms. The Hall–Kier alpha value is -3.08. The molecule has 5 heteroatoms. The van der Waals surface area contributed by atoms with Gasteiger partial charge in [-0.2, -0.15) is 0 Å². The number of carbonyl (C=O) groups excluding carboxylic acids is 1. The average Bonchev–Trinajstić information content (AvgIpc) is 2.65. The average molecular weight is 364 g/mol. The van der Waals surface area contributed by atoms with Crippen molar-refractivity contribution < 1.29 is 14.3 Å². The quantitative estimate of drug-likeness (QED) is 0.722. The van der Waals surface area contributed by atoms with Gasteiger partial charge in [-0.3, -0.25) is 4.79 Å². The van der Waals surface area contributed by atoms with Crippen LogP contribution < -0.4 is 14.8 Å². The number of ether oxygens (including phenoxy) is 2. The molecule has 140 valence electrons. The van der Waals surface area contributed by atoms with Gasteiger partial charge in [-0.1, -0.05) is 51.1 Å². The minimum Gasteiger partial charge on any atom is -0.495 e. The van der Waals surface area contributed by atoms with Gasteiger partial charge < -0.3 is 14.8 Å². The van der Waals surface area contributed by atoms with E-state index in [9.17, 15) is 4.79 Å². The highest BCUT2D eigenvalue weighted by atomic mass is 16.5. The van der Waals surface area contributed by atoms with Crippen LogP contribution in [-0.4, -0.2) is 25.1 Å². The number of hydrogen-bond acceptors (Lipinski definition) is 4. The van der Waals surface area contributed by atoms with Gasteiger partial charge in [0, 0.05) is 11.1 Å². The summed E-state index contributed by atoms with van der Waals surface area (Å²) in [5, 5.41) is 3.77. The highest BCUT2D eigenvalue weighted by molar-refractivity contribution is 6.11. The molecule has 3 rings (SSSR count). The van der Waals surface area contributed by atoms with Gasteiger partial charge in [-0.15, -0.1) is 0 Å². The number of carbonyl (C=O) groups is 1. The third-order valence-corrected chi connectivity index (χ3v) is 4.42. The van der Waals surface area contributed by atoms with Gasteiger partial charge in [0.2, 0.25) is 5.88 Å². The van der Waals surface area contributed by atoms with Crippen molar-refractivity contribution in [2.75, 3.05) is 19.5 Å². The summed E-state index contributed by atoms with van der Waals surface area (Å²) in [5.41, 5.74) is 2.68. The van der Waals surface area contributed by atoms with Crippen molar-refractivity contribution in [3.05, 3.63) is 59.7 Å². The van der Waals surface area contributed by atoms with E-state index < -0.39 is 0 Å². The number of aromatic nitrogens is 1. The Morgan fingerprint density at radius 2 is 1.63 bits per heavy atom. The highest BCUT2D eigenvalue weighted by Gasteiger charge is 2.25. The van der Waals surface area contributed by atoms with Crippen LogP contribution in [0.2, 0.25) is 0 Å². The Kier molecular flexibility index (Phi) is 5.04. The van der Waals surface area contributed by atoms with Crippen LogP contribution in [0.1, 0.15) is 36.7 Å². The molecule has 5 nitrogen and oxygen atoms in total. The van der Waals surface area contributed by atoms with Gasteiger partial charge in [0.25, 0.3) is 5.91 Å². The maximum absolute atomic E-state index is 13.2. The number of benzene rings is 2. The first-order valence-electron chi connectivity index (χ1n) is 8.78. The van der Waals surface area contributed by atoms with Crippen molar-refractivity contribution in [2.45, 2.75) is 26.2 Å². The van der Waals surface area contributed by atoms with Crippen molar-refractivity contribution in [2.24, 2.45) is 0 Å². The molecule has 3 aromatic rings. The van der Waals surface area contributed by atoms with Crippen molar-refractivity contribution in [3.8, 4) is 11.6 Å². The first-order chi connectivity index (χ1) is 12.9. The molecule has 1 amide bonds. The van der Waals surface area contributed by atoms with Crippen LogP contribution in [0.5, 0.6) is 11.6 Å². The number of anilines is 1. The molecule has 0 aliphatic heterocycles. The number of nitrogens with zero attached hydrogens (tertiary/aromatic N) is 1. The molecule has 0 saturated heterocycles. The van der Waals surface area contributed by atoms with Gasteiger partial charge in [0.1, 0.15) is 11.3 Å². The zero-order chi connectivity index (χ0) is 19.6. The van der Waals surface area contributed by atoms with Crippen molar-refractivity contribution in [3.63, 3.8) is 0 Å². The zero-order valence-electron chi connectivity index (χ0n) is 16.3. The highest BCUT2D eigenvalue weighted by Crippen LogP contribution is 2.36. The number of para-hydroxylation sites is 2. The van der Waals surface area contributed by atoms with E-state index in [0.717, 1.165) is 16.6 Å². The van der Waals surface area contributed by atoms with E-state index in [1.54, 1.807) is 7.11 Å². The first-order valence-corrected chi connectivity index (χ1v) is 8.78. The van der Waals surface area contributed by atoms with Crippen molar-refractivity contribution in [1.29, 1.82) is 0 Å². The molecule has 0 bridgehead atoms. The third-order valence-electron chi connectivity index (χ3n) is 4.42. The fraction of sp³-hybridized carbons (Fsp3) is 0.273. The largest absolute Gasteiger partial charge is 0.495 e. The molecule has 1 heterocycles. The normalized spacial score (nSPS) is 11.3. The van der Waals surface area contributed by atoms with Crippen molar-refractivity contribution >= 4 is 22.5 Å². The minimum absolute atomic E-state index is 0.111. The summed E-state index contributed by atoms with van der Waals surface area (Å²) in [5.74, 6) is 0.359. The van der Waals surface area contributed by atoms with Crippen LogP contribution in [0.25, 0.3) is 10.9 Å². The first kappa shape index (κ1) is 18.7. The van der Waals surface area contributed by atoms with Crippen LogP contribution in [0.4, 0.5) is 5.69 Å². The fourth-order valence-corrected chi connectivity index (χ4v) is 3.15. The molecule has 0 unspecified atom stereocenters. The molecule has 0 saturated carbocycles. The second-order valence-electron chi connectivity index (χ2n) is 7.30. The van der Waals surface area contributed by atoms with Crippen LogP contribution >= 0.6 is 0 Å². The number of nitrogens with one attached hydrogen (secondary N) is 1. The Morgan fingerprint density at radius 3 is 2.30 bits per heavy atom. The number of hydrogen-bond donors (Lipinski definition) is 1. The third kappa shape index (κ3) is 3.58. The summed E-state index contributed by atoms with van der Waals surface area (Å²) in [6, 6.07) is 15.3. The summed E-state index contributed by atoms with van der Waals surface area (Å²) in [7, 11) is 3.04. The van der Waals surface area contributed by atoms with Gasteiger partial charge in [-0.25, -0.2) is 4.98 Å². The summed E-state index contributed by atoms with van der Waals surface area (Å²) in [4.78, 5) is 17.7. The topological polar surface area (TPSA) is 60.5 Å². The number of methoxy groups -OCH3 is 2. The number of pyridine rings is 1. The van der Waals surface area contributed by atoms with Crippen LogP contribution in [0.3, 0.4) is 0 Å². The van der Waals surface area contributed by atoms with Crippen LogP contribution in [0, 0.1) is 0 Å². The molecule has 0 aliphatic carbocycles. The molecule has 0 atom stereocenters. The lowest BCUT2D eigenvalue weighted by Crippen LogP contribution is -2.20. The molecule has 27 heavy (non-hydrogen) atoms. The zero-order valence-corrected chi connectivity index (χ0v) is 16.3. The summed E-state index contributed by atoms with van der Waals surface area (Å²) >= 11 is 0. The summed E-state index contributed by atoms with van der Waals surface area (Å²) in [6.07, 6.45) is 0. The minimum atomic E-state index is -0.321. The molecule has 0 radical (unpaired) electrons. The van der Waals surface area contributed by atoms with Gasteiger partial charge in [-0.05, 0) is 29.2 Å². The monoisotopic (exact) mass is 364 g/mol.